The van der Waals surface area contributed by atoms with Gasteiger partial charge in [-0.2, -0.15) is 0 Å². The van der Waals surface area contributed by atoms with Gasteiger partial charge in [0.05, 0.1) is 13.2 Å². The molecule has 0 aliphatic carbocycles. The van der Waals surface area contributed by atoms with Gasteiger partial charge in [0.25, 0.3) is 0 Å². The Morgan fingerprint density at radius 3 is 0.911 bits per heavy atom. The molecule has 0 heterocycles. The smallest absolute Gasteiger partial charge is 0.305 e. The highest BCUT2D eigenvalue weighted by atomic mass is 16.6. The van der Waals surface area contributed by atoms with E-state index in [-0.39, 0.29) is 38.4 Å². The Labute approximate surface area is 277 Å². The van der Waals surface area contributed by atoms with Crippen molar-refractivity contribution in [3.05, 3.63) is 0 Å². The van der Waals surface area contributed by atoms with Crippen LogP contribution in [0.2, 0.25) is 0 Å². The second-order valence-corrected chi connectivity index (χ2v) is 13.1. The predicted octanol–water partition coefficient (Wildman–Crippen LogP) is 9.77. The number of unbranched alkanes of at least 4 members (excludes halogenated alkanes) is 24. The van der Waals surface area contributed by atoms with E-state index in [0.29, 0.717) is 12.8 Å². The summed E-state index contributed by atoms with van der Waals surface area (Å²) in [6.07, 6.45) is 31.7. The fraction of sp³-hybridized carbons (Fsp3) is 0.947. The molecule has 7 heteroatoms. The molecule has 7 nitrogen and oxygen atoms in total. The molecule has 0 aliphatic rings. The molecule has 0 saturated heterocycles. The third kappa shape index (κ3) is 32.5. The number of rotatable bonds is 36. The lowest BCUT2D eigenvalue weighted by atomic mass is 10.0. The Kier molecular flexibility index (Phi) is 34.7. The van der Waals surface area contributed by atoms with Gasteiger partial charge in [-0.3, -0.25) is 9.59 Å². The first-order valence-corrected chi connectivity index (χ1v) is 19.3. The second kappa shape index (κ2) is 35.7. The van der Waals surface area contributed by atoms with E-state index < -0.39 is 12.2 Å². The molecule has 0 rings (SSSR count). The molecular weight excluding hydrogens is 568 g/mol. The summed E-state index contributed by atoms with van der Waals surface area (Å²) in [5, 5.41) is 19.3. The van der Waals surface area contributed by atoms with E-state index in [1.165, 1.54) is 128 Å². The maximum Gasteiger partial charge on any atom is 0.305 e. The Morgan fingerprint density at radius 2 is 0.667 bits per heavy atom. The molecule has 0 bridgehead atoms. The molecule has 0 fully saturated rings. The molecule has 0 radical (unpaired) electrons. The van der Waals surface area contributed by atoms with Gasteiger partial charge in [-0.05, 0) is 12.8 Å². The van der Waals surface area contributed by atoms with Gasteiger partial charge in [-0.25, -0.2) is 0 Å². The van der Waals surface area contributed by atoms with Crippen molar-refractivity contribution in [1.29, 1.82) is 0 Å². The molecule has 2 N–H and O–H groups in total. The maximum atomic E-state index is 12.1. The molecule has 0 aromatic carbocycles. The highest BCUT2D eigenvalue weighted by Crippen LogP contribution is 2.15. The molecule has 2 unspecified atom stereocenters. The molecule has 0 amide bonds. The Hall–Kier alpha value is -1.18. The molecule has 0 aromatic heterocycles. The molecule has 268 valence electrons. The van der Waals surface area contributed by atoms with Crippen LogP contribution in [0.25, 0.3) is 0 Å². The second-order valence-electron chi connectivity index (χ2n) is 13.1. The summed E-state index contributed by atoms with van der Waals surface area (Å²) in [7, 11) is 0. The number of ether oxygens (including phenoxy) is 3. The van der Waals surface area contributed by atoms with Crippen molar-refractivity contribution in [1.82, 2.24) is 0 Å². The van der Waals surface area contributed by atoms with Crippen LogP contribution < -0.4 is 0 Å². The van der Waals surface area contributed by atoms with Crippen LogP contribution in [0.5, 0.6) is 0 Å². The van der Waals surface area contributed by atoms with Crippen LogP contribution >= 0.6 is 0 Å². The van der Waals surface area contributed by atoms with Gasteiger partial charge in [0.15, 0.2) is 0 Å². The van der Waals surface area contributed by atoms with Crippen molar-refractivity contribution in [2.75, 3.05) is 26.4 Å². The summed E-state index contributed by atoms with van der Waals surface area (Å²) >= 11 is 0. The van der Waals surface area contributed by atoms with Crippen molar-refractivity contribution >= 4 is 11.9 Å². The SMILES string of the molecule is CCCCCCCCCCCCCCCC(=O)OCC(CO)OC(CO)COC(=O)CCCCCCCCCCCCCCC. The Morgan fingerprint density at radius 1 is 0.422 bits per heavy atom. The van der Waals surface area contributed by atoms with E-state index in [9.17, 15) is 19.8 Å². The van der Waals surface area contributed by atoms with Crippen LogP contribution in [-0.2, 0) is 23.8 Å². The van der Waals surface area contributed by atoms with Crippen LogP contribution in [0.15, 0.2) is 0 Å². The zero-order valence-electron chi connectivity index (χ0n) is 29.7. The van der Waals surface area contributed by atoms with E-state index >= 15 is 0 Å². The lowest BCUT2D eigenvalue weighted by molar-refractivity contribution is -0.160. The van der Waals surface area contributed by atoms with Crippen LogP contribution in [0.4, 0.5) is 0 Å². The van der Waals surface area contributed by atoms with Crippen molar-refractivity contribution in [2.24, 2.45) is 0 Å². The summed E-state index contributed by atoms with van der Waals surface area (Å²) in [6.45, 7) is 3.63. The van der Waals surface area contributed by atoms with Gasteiger partial charge in [0, 0.05) is 12.8 Å². The lowest BCUT2D eigenvalue weighted by Gasteiger charge is -2.22. The molecule has 45 heavy (non-hydrogen) atoms. The van der Waals surface area contributed by atoms with Gasteiger partial charge in [0.1, 0.15) is 25.4 Å². The maximum absolute atomic E-state index is 12.1. The fourth-order valence-corrected chi connectivity index (χ4v) is 5.63. The lowest BCUT2D eigenvalue weighted by Crippen LogP contribution is -2.35. The zero-order chi connectivity index (χ0) is 33.1. The summed E-state index contributed by atoms with van der Waals surface area (Å²) in [4.78, 5) is 24.2. The number of esters is 2. The van der Waals surface area contributed by atoms with Crippen molar-refractivity contribution < 1.29 is 34.0 Å². The molecule has 2 atom stereocenters. The number of carbonyl (C=O) groups excluding carboxylic acids is 2. The molecule has 0 spiro atoms. The quantitative estimate of drug-likeness (QED) is 0.0518. The average Bonchev–Trinajstić information content (AvgIpc) is 3.05. The minimum atomic E-state index is -0.766. The monoisotopic (exact) mass is 643 g/mol. The predicted molar refractivity (Wildman–Crippen MR) is 185 cm³/mol. The summed E-state index contributed by atoms with van der Waals surface area (Å²) in [5.41, 5.74) is 0. The number of hydrogen-bond acceptors (Lipinski definition) is 7. The average molecular weight is 643 g/mol. The van der Waals surface area contributed by atoms with Crippen molar-refractivity contribution in [3.63, 3.8) is 0 Å². The normalized spacial score (nSPS) is 12.7. The summed E-state index contributed by atoms with van der Waals surface area (Å²) in [6, 6.07) is 0. The largest absolute Gasteiger partial charge is 0.463 e. The number of hydrogen-bond donors (Lipinski definition) is 2. The van der Waals surface area contributed by atoms with E-state index in [4.69, 9.17) is 14.2 Å². The molecule has 0 aromatic rings. The first kappa shape index (κ1) is 43.8. The van der Waals surface area contributed by atoms with Gasteiger partial charge in [-0.15, -0.1) is 0 Å². The summed E-state index contributed by atoms with van der Waals surface area (Å²) in [5.74, 6) is -0.602. The van der Waals surface area contributed by atoms with E-state index in [0.717, 1.165) is 38.5 Å². The van der Waals surface area contributed by atoms with Crippen LogP contribution in [0, 0.1) is 0 Å². The first-order chi connectivity index (χ1) is 22.1. The fourth-order valence-electron chi connectivity index (χ4n) is 5.63. The van der Waals surface area contributed by atoms with E-state index in [1.807, 2.05) is 0 Å². The number of aliphatic hydroxyl groups excluding tert-OH is 2. The van der Waals surface area contributed by atoms with Gasteiger partial charge >= 0.3 is 11.9 Å². The topological polar surface area (TPSA) is 102 Å². The minimum Gasteiger partial charge on any atom is -0.463 e. The third-order valence-corrected chi connectivity index (χ3v) is 8.62. The van der Waals surface area contributed by atoms with Crippen LogP contribution in [0.1, 0.15) is 194 Å². The zero-order valence-corrected chi connectivity index (χ0v) is 29.7. The Balaban J connectivity index is 3.73. The van der Waals surface area contributed by atoms with E-state index in [1.54, 1.807) is 0 Å². The highest BCUT2D eigenvalue weighted by molar-refractivity contribution is 5.69. The van der Waals surface area contributed by atoms with Gasteiger partial charge in [0.2, 0.25) is 0 Å². The number of carbonyl (C=O) groups is 2. The first-order valence-electron chi connectivity index (χ1n) is 19.3. The third-order valence-electron chi connectivity index (χ3n) is 8.62. The Bertz CT molecular complexity index is 575. The number of aliphatic hydroxyl groups is 2. The van der Waals surface area contributed by atoms with E-state index in [2.05, 4.69) is 13.8 Å². The molecular formula is C38H74O7. The minimum absolute atomic E-state index is 0.0861. The molecule has 0 aliphatic heterocycles. The molecule has 0 saturated carbocycles. The highest BCUT2D eigenvalue weighted by Gasteiger charge is 2.19. The van der Waals surface area contributed by atoms with Crippen LogP contribution in [0.3, 0.4) is 0 Å². The van der Waals surface area contributed by atoms with Crippen molar-refractivity contribution in [3.8, 4) is 0 Å². The summed E-state index contributed by atoms with van der Waals surface area (Å²) < 4.78 is 16.2. The van der Waals surface area contributed by atoms with Gasteiger partial charge in [-0.1, -0.05) is 168 Å². The van der Waals surface area contributed by atoms with Gasteiger partial charge < -0.3 is 24.4 Å². The van der Waals surface area contributed by atoms with Crippen molar-refractivity contribution in [2.45, 2.75) is 206 Å². The standard InChI is InChI=1S/C38H74O7/c1-3-5-7-9-11-13-15-17-19-21-23-25-27-29-37(41)43-33-35(31-39)45-36(32-40)34-44-38(42)30-28-26-24-22-20-18-16-14-12-10-8-6-4-2/h35-36,39-40H,3-34H2,1-2H3. The van der Waals surface area contributed by atoms with Crippen LogP contribution in [-0.4, -0.2) is 60.8 Å².